The van der Waals surface area contributed by atoms with Crippen LogP contribution in [0.5, 0.6) is 0 Å². The molecule has 0 bridgehead atoms. The molecule has 2 N–H and O–H groups in total. The first-order valence-corrected chi connectivity index (χ1v) is 6.91. The van der Waals surface area contributed by atoms with Crippen molar-refractivity contribution in [2.24, 2.45) is 4.99 Å². The molecule has 0 atom stereocenters. The summed E-state index contributed by atoms with van der Waals surface area (Å²) in [4.78, 5) is 3.89. The third-order valence-corrected chi connectivity index (χ3v) is 3.25. The van der Waals surface area contributed by atoms with E-state index in [0.29, 0.717) is 12.5 Å². The van der Waals surface area contributed by atoms with Crippen LogP contribution < -0.4 is 10.6 Å². The van der Waals surface area contributed by atoms with Crippen LogP contribution in [0.25, 0.3) is 0 Å². The van der Waals surface area contributed by atoms with Crippen molar-refractivity contribution in [1.82, 2.24) is 10.6 Å². The molecule has 0 radical (unpaired) electrons. The summed E-state index contributed by atoms with van der Waals surface area (Å²) < 4.78 is 49.3. The second kappa shape index (κ2) is 7.47. The summed E-state index contributed by atoms with van der Waals surface area (Å²) >= 11 is 0. The largest absolute Gasteiger partial charge is 0.390 e. The number of guanidine groups is 1. The maximum atomic E-state index is 12.9. The van der Waals surface area contributed by atoms with Gasteiger partial charge in [-0.25, -0.2) is 4.39 Å². The molecule has 0 fully saturated rings. The number of hydrogen-bond acceptors (Lipinski definition) is 1. The van der Waals surface area contributed by atoms with Crippen molar-refractivity contribution >= 4 is 5.96 Å². The molecular weight excluding hydrogens is 298 g/mol. The van der Waals surface area contributed by atoms with Crippen LogP contribution in [0.3, 0.4) is 0 Å². The number of alkyl halides is 3. The number of aliphatic imine (C=N–C) groups is 1. The van der Waals surface area contributed by atoms with Gasteiger partial charge in [0.2, 0.25) is 0 Å². The molecule has 1 rings (SSSR count). The monoisotopic (exact) mass is 319 g/mol. The van der Waals surface area contributed by atoms with Gasteiger partial charge >= 0.3 is 6.18 Å². The van der Waals surface area contributed by atoms with E-state index in [4.69, 9.17) is 0 Å². The SMILES string of the molecule is CN=C(NCCC(F)(F)F)NCC(C)(C)c1ccc(F)cc1. The predicted molar refractivity (Wildman–Crippen MR) is 79.5 cm³/mol. The molecular formula is C15H21F4N3. The summed E-state index contributed by atoms with van der Waals surface area (Å²) in [7, 11) is 1.49. The van der Waals surface area contributed by atoms with Gasteiger partial charge in [0, 0.05) is 25.6 Å². The van der Waals surface area contributed by atoms with Crippen LogP contribution in [-0.2, 0) is 5.41 Å². The third-order valence-electron chi connectivity index (χ3n) is 3.25. The van der Waals surface area contributed by atoms with E-state index in [-0.39, 0.29) is 17.8 Å². The number of nitrogens with one attached hydrogen (secondary N) is 2. The highest BCUT2D eigenvalue weighted by Gasteiger charge is 2.26. The molecule has 22 heavy (non-hydrogen) atoms. The molecule has 0 heterocycles. The molecule has 0 aliphatic heterocycles. The van der Waals surface area contributed by atoms with Crippen molar-refractivity contribution in [2.45, 2.75) is 31.9 Å². The Morgan fingerprint density at radius 1 is 1.09 bits per heavy atom. The molecule has 0 aliphatic carbocycles. The molecule has 0 saturated heterocycles. The lowest BCUT2D eigenvalue weighted by Gasteiger charge is -2.27. The van der Waals surface area contributed by atoms with Crippen LogP contribution in [-0.4, -0.2) is 32.3 Å². The third kappa shape index (κ3) is 6.32. The van der Waals surface area contributed by atoms with Crippen molar-refractivity contribution in [3.8, 4) is 0 Å². The lowest BCUT2D eigenvalue weighted by atomic mass is 9.84. The zero-order valence-electron chi connectivity index (χ0n) is 12.9. The average Bonchev–Trinajstić information content (AvgIpc) is 2.42. The minimum Gasteiger partial charge on any atom is -0.356 e. The van der Waals surface area contributed by atoms with E-state index in [0.717, 1.165) is 5.56 Å². The maximum absolute atomic E-state index is 12.9. The first-order valence-electron chi connectivity index (χ1n) is 6.91. The van der Waals surface area contributed by atoms with Gasteiger partial charge in [-0.1, -0.05) is 26.0 Å². The minimum atomic E-state index is -4.20. The Labute approximate surface area is 127 Å². The molecule has 0 saturated carbocycles. The van der Waals surface area contributed by atoms with E-state index in [2.05, 4.69) is 15.6 Å². The fourth-order valence-corrected chi connectivity index (χ4v) is 1.85. The van der Waals surface area contributed by atoms with E-state index in [1.165, 1.54) is 19.2 Å². The van der Waals surface area contributed by atoms with Crippen molar-refractivity contribution in [2.75, 3.05) is 20.1 Å². The van der Waals surface area contributed by atoms with Gasteiger partial charge in [-0.2, -0.15) is 13.2 Å². The topological polar surface area (TPSA) is 36.4 Å². The van der Waals surface area contributed by atoms with Crippen molar-refractivity contribution in [1.29, 1.82) is 0 Å². The number of rotatable bonds is 5. The number of halogens is 4. The fourth-order valence-electron chi connectivity index (χ4n) is 1.85. The predicted octanol–water partition coefficient (Wildman–Crippen LogP) is 3.22. The highest BCUT2D eigenvalue weighted by Crippen LogP contribution is 2.22. The van der Waals surface area contributed by atoms with Gasteiger partial charge in [0.15, 0.2) is 5.96 Å². The van der Waals surface area contributed by atoms with Crippen molar-refractivity contribution in [3.63, 3.8) is 0 Å². The van der Waals surface area contributed by atoms with E-state index in [1.807, 2.05) is 13.8 Å². The molecule has 3 nitrogen and oxygen atoms in total. The Kier molecular flexibility index (Phi) is 6.20. The van der Waals surface area contributed by atoms with Crippen molar-refractivity contribution in [3.05, 3.63) is 35.6 Å². The molecule has 0 amide bonds. The Bertz CT molecular complexity index is 493. The first kappa shape index (κ1) is 18.3. The van der Waals surface area contributed by atoms with E-state index < -0.39 is 12.6 Å². The molecule has 0 unspecified atom stereocenters. The lowest BCUT2D eigenvalue weighted by molar-refractivity contribution is -0.132. The Morgan fingerprint density at radius 2 is 1.68 bits per heavy atom. The fraction of sp³-hybridized carbons (Fsp3) is 0.533. The molecule has 124 valence electrons. The maximum Gasteiger partial charge on any atom is 0.390 e. The molecule has 1 aromatic carbocycles. The van der Waals surface area contributed by atoms with Crippen LogP contribution in [0, 0.1) is 5.82 Å². The molecule has 0 spiro atoms. The van der Waals surface area contributed by atoms with Gasteiger partial charge in [0.25, 0.3) is 0 Å². The second-order valence-corrected chi connectivity index (χ2v) is 5.61. The zero-order chi connectivity index (χ0) is 16.8. The van der Waals surface area contributed by atoms with E-state index in [1.54, 1.807) is 12.1 Å². The molecule has 0 aromatic heterocycles. The number of benzene rings is 1. The summed E-state index contributed by atoms with van der Waals surface area (Å²) in [6, 6.07) is 6.15. The Balaban J connectivity index is 2.53. The van der Waals surface area contributed by atoms with Crippen LogP contribution in [0.1, 0.15) is 25.8 Å². The van der Waals surface area contributed by atoms with Crippen molar-refractivity contribution < 1.29 is 17.6 Å². The zero-order valence-corrected chi connectivity index (χ0v) is 12.9. The highest BCUT2D eigenvalue weighted by atomic mass is 19.4. The average molecular weight is 319 g/mol. The number of nitrogens with zero attached hydrogens (tertiary/aromatic N) is 1. The van der Waals surface area contributed by atoms with Gasteiger partial charge in [-0.3, -0.25) is 4.99 Å². The summed E-state index contributed by atoms with van der Waals surface area (Å²) in [5.41, 5.74) is 0.599. The Hall–Kier alpha value is -1.79. The standard InChI is InChI=1S/C15H21F4N3/c1-14(2,11-4-6-12(16)7-5-11)10-22-13(20-3)21-9-8-15(17,18)19/h4-7H,8-10H2,1-3H3,(H2,20,21,22). The minimum absolute atomic E-state index is 0.236. The van der Waals surface area contributed by atoms with E-state index >= 15 is 0 Å². The van der Waals surface area contributed by atoms with Crippen LogP contribution in [0.2, 0.25) is 0 Å². The summed E-state index contributed by atoms with van der Waals surface area (Å²) in [6.45, 7) is 4.12. The molecule has 7 heteroatoms. The van der Waals surface area contributed by atoms with Crippen LogP contribution >= 0.6 is 0 Å². The molecule has 0 aliphatic rings. The van der Waals surface area contributed by atoms with Gasteiger partial charge in [-0.15, -0.1) is 0 Å². The van der Waals surface area contributed by atoms with E-state index in [9.17, 15) is 17.6 Å². The van der Waals surface area contributed by atoms with Gasteiger partial charge in [0.1, 0.15) is 5.82 Å². The summed E-state index contributed by atoms with van der Waals surface area (Å²) in [5, 5.41) is 5.60. The highest BCUT2D eigenvalue weighted by molar-refractivity contribution is 5.79. The number of hydrogen-bond donors (Lipinski definition) is 2. The Morgan fingerprint density at radius 3 is 2.18 bits per heavy atom. The second-order valence-electron chi connectivity index (χ2n) is 5.61. The molecule has 1 aromatic rings. The summed E-state index contributed by atoms with van der Waals surface area (Å²) in [6.07, 6.45) is -5.12. The van der Waals surface area contributed by atoms with Gasteiger partial charge < -0.3 is 10.6 Å². The first-order chi connectivity index (χ1) is 10.1. The summed E-state index contributed by atoms with van der Waals surface area (Å²) in [5.74, 6) is -0.00317. The van der Waals surface area contributed by atoms with Gasteiger partial charge in [-0.05, 0) is 17.7 Å². The normalized spacial score (nSPS) is 13.1. The van der Waals surface area contributed by atoms with Crippen LogP contribution in [0.15, 0.2) is 29.3 Å². The quantitative estimate of drug-likeness (QED) is 0.497. The van der Waals surface area contributed by atoms with Crippen LogP contribution in [0.4, 0.5) is 17.6 Å². The van der Waals surface area contributed by atoms with Gasteiger partial charge in [0.05, 0.1) is 6.42 Å². The lowest BCUT2D eigenvalue weighted by Crippen LogP contribution is -2.44. The smallest absolute Gasteiger partial charge is 0.356 e.